The normalized spacial score (nSPS) is 13.9. The van der Waals surface area contributed by atoms with Gasteiger partial charge in [-0.05, 0) is 83.1 Å². The van der Waals surface area contributed by atoms with Gasteiger partial charge in [-0.15, -0.1) is 0 Å². The zero-order valence-electron chi connectivity index (χ0n) is 26.0. The number of fused-ring (bicyclic) bond motifs is 10. The molecule has 9 aromatic rings. The summed E-state index contributed by atoms with van der Waals surface area (Å²) in [5.41, 5.74) is 14.4. The first kappa shape index (κ1) is 26.4. The van der Waals surface area contributed by atoms with E-state index in [9.17, 15) is 0 Å². The smallest absolute Gasteiger partial charge is 0.0561 e. The van der Waals surface area contributed by atoms with Gasteiger partial charge < -0.3 is 9.13 Å². The fraction of sp³-hybridized carbons (Fsp3) is 0.0667. The monoisotopic (exact) mass is 600 g/mol. The molecule has 0 amide bonds. The molecule has 0 N–H and O–H groups in total. The Morgan fingerprint density at radius 1 is 0.426 bits per heavy atom. The molecular weight excluding hydrogens is 569 g/mol. The molecule has 0 spiro atoms. The second kappa shape index (κ2) is 10.3. The van der Waals surface area contributed by atoms with Crippen LogP contribution < -0.4 is 0 Å². The molecule has 2 aromatic heterocycles. The highest BCUT2D eigenvalue weighted by Crippen LogP contribution is 2.52. The van der Waals surface area contributed by atoms with Gasteiger partial charge in [-0.2, -0.15) is 0 Å². The van der Waals surface area contributed by atoms with Crippen molar-refractivity contribution in [2.75, 3.05) is 0 Å². The Bertz CT molecular complexity index is 2620. The summed E-state index contributed by atoms with van der Waals surface area (Å²) >= 11 is 0. The first-order valence-corrected chi connectivity index (χ1v) is 16.6. The van der Waals surface area contributed by atoms with Gasteiger partial charge in [0, 0.05) is 38.8 Å². The lowest BCUT2D eigenvalue weighted by Crippen LogP contribution is -2.00. The van der Waals surface area contributed by atoms with E-state index in [0.29, 0.717) is 5.92 Å². The lowest BCUT2D eigenvalue weighted by Gasteiger charge is -2.16. The first-order valence-electron chi connectivity index (χ1n) is 16.6. The summed E-state index contributed by atoms with van der Waals surface area (Å²) < 4.78 is 4.91. The zero-order valence-corrected chi connectivity index (χ0v) is 26.0. The van der Waals surface area contributed by atoms with Gasteiger partial charge in [-0.3, -0.25) is 0 Å². The molecule has 0 saturated carbocycles. The third-order valence-corrected chi connectivity index (χ3v) is 10.3. The fourth-order valence-electron chi connectivity index (χ4n) is 8.37. The molecule has 2 nitrogen and oxygen atoms in total. The Balaban J connectivity index is 1.23. The van der Waals surface area contributed by atoms with Gasteiger partial charge in [0.2, 0.25) is 0 Å². The van der Waals surface area contributed by atoms with Gasteiger partial charge in [0.25, 0.3) is 0 Å². The minimum atomic E-state index is 0.340. The average molecular weight is 601 g/mol. The fourth-order valence-corrected chi connectivity index (χ4v) is 8.37. The van der Waals surface area contributed by atoms with Crippen LogP contribution in [-0.2, 0) is 6.42 Å². The number of para-hydroxylation sites is 3. The highest BCUT2D eigenvalue weighted by Gasteiger charge is 2.32. The van der Waals surface area contributed by atoms with E-state index >= 15 is 0 Å². The maximum atomic E-state index is 2.49. The number of nitrogens with zero attached hydrogens (tertiary/aromatic N) is 2. The van der Waals surface area contributed by atoms with Crippen LogP contribution in [0.2, 0.25) is 0 Å². The largest absolute Gasteiger partial charge is 0.309 e. The van der Waals surface area contributed by atoms with E-state index in [4.69, 9.17) is 0 Å². The van der Waals surface area contributed by atoms with Crippen LogP contribution in [-0.4, -0.2) is 9.13 Å². The van der Waals surface area contributed by atoms with E-state index < -0.39 is 0 Å². The number of hydrogen-bond donors (Lipinski definition) is 0. The maximum absolute atomic E-state index is 2.49. The van der Waals surface area contributed by atoms with E-state index in [2.05, 4.69) is 173 Å². The number of rotatable bonds is 5. The summed E-state index contributed by atoms with van der Waals surface area (Å²) in [6.07, 6.45) is 2.13. The summed E-state index contributed by atoms with van der Waals surface area (Å²) in [5, 5.41) is 5.25. The van der Waals surface area contributed by atoms with Gasteiger partial charge in [-0.1, -0.05) is 121 Å². The molecule has 222 valence electrons. The van der Waals surface area contributed by atoms with E-state index in [1.807, 2.05) is 0 Å². The Morgan fingerprint density at radius 2 is 1.06 bits per heavy atom. The predicted octanol–water partition coefficient (Wildman–Crippen LogP) is 11.6. The molecule has 2 heterocycles. The molecule has 1 atom stereocenters. The third kappa shape index (κ3) is 3.91. The molecule has 1 aliphatic rings. The summed E-state index contributed by atoms with van der Waals surface area (Å²) in [4.78, 5) is 0. The lowest BCUT2D eigenvalue weighted by molar-refractivity contribution is 0.734. The molecule has 2 heteroatoms. The van der Waals surface area contributed by atoms with Crippen molar-refractivity contribution in [2.24, 2.45) is 0 Å². The minimum absolute atomic E-state index is 0.340. The second-order valence-corrected chi connectivity index (χ2v) is 12.8. The van der Waals surface area contributed by atoms with Crippen molar-refractivity contribution in [3.63, 3.8) is 0 Å². The predicted molar refractivity (Wildman–Crippen MR) is 197 cm³/mol. The van der Waals surface area contributed by atoms with Crippen molar-refractivity contribution >= 4 is 43.6 Å². The Labute approximate surface area is 273 Å². The Kier molecular flexibility index (Phi) is 5.80. The summed E-state index contributed by atoms with van der Waals surface area (Å²) in [6, 6.07) is 60.3. The molecule has 1 unspecified atom stereocenters. The molecule has 1 aliphatic carbocycles. The van der Waals surface area contributed by atoms with Crippen molar-refractivity contribution in [1.82, 2.24) is 9.13 Å². The Hall–Kier alpha value is -5.86. The Morgan fingerprint density at radius 3 is 1.89 bits per heavy atom. The first-order chi connectivity index (χ1) is 23.3. The summed E-state index contributed by atoms with van der Waals surface area (Å²) in [5.74, 6) is 0.340. The number of aromatic nitrogens is 2. The summed E-state index contributed by atoms with van der Waals surface area (Å²) in [6.45, 7) is 0. The molecule has 0 bridgehead atoms. The molecule has 7 aromatic carbocycles. The van der Waals surface area contributed by atoms with Crippen LogP contribution in [0.25, 0.3) is 66.1 Å². The van der Waals surface area contributed by atoms with Gasteiger partial charge in [0.05, 0.1) is 22.1 Å². The summed E-state index contributed by atoms with van der Waals surface area (Å²) in [7, 11) is 0. The van der Waals surface area contributed by atoms with Crippen molar-refractivity contribution in [2.45, 2.75) is 18.8 Å². The molecule has 0 fully saturated rings. The quantitative estimate of drug-likeness (QED) is 0.186. The van der Waals surface area contributed by atoms with Crippen molar-refractivity contribution in [3.05, 3.63) is 180 Å². The zero-order chi connectivity index (χ0) is 30.9. The third-order valence-electron chi connectivity index (χ3n) is 10.3. The van der Waals surface area contributed by atoms with Crippen molar-refractivity contribution < 1.29 is 0 Å². The van der Waals surface area contributed by atoms with Gasteiger partial charge in [0.1, 0.15) is 0 Å². The van der Waals surface area contributed by atoms with Crippen LogP contribution >= 0.6 is 0 Å². The highest BCUT2D eigenvalue weighted by molar-refractivity contribution is 6.15. The number of hydrogen-bond acceptors (Lipinski definition) is 0. The van der Waals surface area contributed by atoms with E-state index in [1.165, 1.54) is 82.8 Å². The van der Waals surface area contributed by atoms with Crippen LogP contribution in [0, 0.1) is 0 Å². The van der Waals surface area contributed by atoms with E-state index in [-0.39, 0.29) is 0 Å². The molecular formula is C45H32N2. The van der Waals surface area contributed by atoms with Crippen molar-refractivity contribution in [3.8, 4) is 22.5 Å². The van der Waals surface area contributed by atoms with Crippen LogP contribution in [0.4, 0.5) is 0 Å². The van der Waals surface area contributed by atoms with Gasteiger partial charge in [-0.25, -0.2) is 0 Å². The molecule has 0 saturated heterocycles. The SMILES string of the molecule is c1ccc(CCC2c3ccccc3-c3ccc4c(c32)c2ccccc2n4-c2ccc3c4ccccc4n(-c4ccccc4)c3c2)cc1. The molecule has 47 heavy (non-hydrogen) atoms. The van der Waals surface area contributed by atoms with Crippen molar-refractivity contribution in [1.29, 1.82) is 0 Å². The second-order valence-electron chi connectivity index (χ2n) is 12.8. The van der Waals surface area contributed by atoms with E-state index in [1.54, 1.807) is 0 Å². The van der Waals surface area contributed by atoms with Crippen LogP contribution in [0.15, 0.2) is 164 Å². The van der Waals surface area contributed by atoms with Gasteiger partial charge >= 0.3 is 0 Å². The maximum Gasteiger partial charge on any atom is 0.0561 e. The van der Waals surface area contributed by atoms with Crippen LogP contribution in [0.5, 0.6) is 0 Å². The number of aryl methyl sites for hydroxylation is 1. The van der Waals surface area contributed by atoms with E-state index in [0.717, 1.165) is 12.8 Å². The topological polar surface area (TPSA) is 9.86 Å². The number of benzene rings is 7. The van der Waals surface area contributed by atoms with Crippen LogP contribution in [0.3, 0.4) is 0 Å². The van der Waals surface area contributed by atoms with Crippen LogP contribution in [0.1, 0.15) is 29.0 Å². The molecule has 0 radical (unpaired) electrons. The molecule has 10 rings (SSSR count). The highest BCUT2D eigenvalue weighted by atomic mass is 15.0. The van der Waals surface area contributed by atoms with Gasteiger partial charge in [0.15, 0.2) is 0 Å². The molecule has 0 aliphatic heterocycles. The lowest BCUT2D eigenvalue weighted by atomic mass is 9.88. The minimum Gasteiger partial charge on any atom is -0.309 e. The standard InChI is InChI=1S/C45H32N2/c1-3-13-30(14-4-1)23-25-37-33-17-7-8-18-34(33)38-27-28-42-45(44(37)38)39-20-10-12-22-41(39)47(42)32-24-26-36-35-19-9-11-21-40(35)46(43(36)29-32)31-15-5-2-6-16-31/h1-22,24,26-29,37H,23,25H2. The average Bonchev–Trinajstić information content (AvgIpc) is 3.76.